The van der Waals surface area contributed by atoms with E-state index in [2.05, 4.69) is 17.4 Å². The monoisotopic (exact) mass is 392 g/mol. The van der Waals surface area contributed by atoms with E-state index in [-0.39, 0.29) is 5.91 Å². The van der Waals surface area contributed by atoms with Crippen LogP contribution in [0.4, 0.5) is 0 Å². The zero-order chi connectivity index (χ0) is 19.8. The van der Waals surface area contributed by atoms with Crippen LogP contribution in [-0.4, -0.2) is 5.91 Å². The molecule has 4 nitrogen and oxygen atoms in total. The smallest absolute Gasteiger partial charge is 0.242 e. The fourth-order valence-electron chi connectivity index (χ4n) is 2.54. The summed E-state index contributed by atoms with van der Waals surface area (Å²) in [5, 5.41) is 0.704. The van der Waals surface area contributed by atoms with E-state index in [1.54, 1.807) is 0 Å². The first-order valence-electron chi connectivity index (χ1n) is 8.85. The molecule has 0 unspecified atom stereocenters. The molecule has 5 heteroatoms. The summed E-state index contributed by atoms with van der Waals surface area (Å²) in [6.07, 6.45) is 0.304. The Labute approximate surface area is 169 Å². The summed E-state index contributed by atoms with van der Waals surface area (Å²) >= 11 is 5.88. The number of carbonyl (C=O) groups excluding carboxylic acids is 1. The molecule has 0 saturated carbocycles. The topological polar surface area (TPSA) is 50.4 Å². The Hall–Kier alpha value is -3.24. The number of benzene rings is 3. The van der Waals surface area contributed by atoms with Crippen LogP contribution in [0.1, 0.15) is 16.7 Å². The molecule has 2 N–H and O–H groups in total. The molecule has 3 aromatic carbocycles. The summed E-state index contributed by atoms with van der Waals surface area (Å²) in [5.74, 6) is 0.620. The molecular formula is C23H21ClN2O2. The van der Waals surface area contributed by atoms with E-state index in [1.807, 2.05) is 78.9 Å². The molecule has 0 aliphatic heterocycles. The predicted molar refractivity (Wildman–Crippen MR) is 113 cm³/mol. The number of ether oxygens (including phenoxy) is 1. The molecule has 1 amide bonds. The van der Waals surface area contributed by atoms with E-state index < -0.39 is 0 Å². The van der Waals surface area contributed by atoms with Crippen LogP contribution < -0.4 is 15.6 Å². The lowest BCUT2D eigenvalue weighted by atomic mass is 10.1. The van der Waals surface area contributed by atoms with Gasteiger partial charge in [0, 0.05) is 5.02 Å². The summed E-state index contributed by atoms with van der Waals surface area (Å²) < 4.78 is 5.77. The molecular weight excluding hydrogens is 372 g/mol. The summed E-state index contributed by atoms with van der Waals surface area (Å²) in [6.45, 7) is 4.42. The van der Waals surface area contributed by atoms with Gasteiger partial charge in [0.25, 0.3) is 0 Å². The lowest BCUT2D eigenvalue weighted by Gasteiger charge is -2.12. The minimum atomic E-state index is -0.129. The number of halogens is 1. The number of rotatable bonds is 8. The lowest BCUT2D eigenvalue weighted by molar-refractivity contribution is -0.121. The number of amides is 1. The van der Waals surface area contributed by atoms with Crippen molar-refractivity contribution in [2.24, 2.45) is 0 Å². The number of hydrogen-bond donors (Lipinski definition) is 2. The van der Waals surface area contributed by atoms with Gasteiger partial charge in [-0.05, 0) is 53.1 Å². The second-order valence-corrected chi connectivity index (χ2v) is 6.69. The third kappa shape index (κ3) is 5.89. The zero-order valence-electron chi connectivity index (χ0n) is 15.3. The molecule has 28 heavy (non-hydrogen) atoms. The van der Waals surface area contributed by atoms with Crippen molar-refractivity contribution in [3.8, 4) is 5.75 Å². The molecule has 0 spiro atoms. The SMILES string of the molecule is C=C(NNC(=O)Cc1ccccc1)c1ccc(OCc2ccc(Cl)cc2)cc1. The molecule has 3 aromatic rings. The second-order valence-electron chi connectivity index (χ2n) is 6.25. The van der Waals surface area contributed by atoms with Crippen molar-refractivity contribution in [1.29, 1.82) is 0 Å². The maximum Gasteiger partial charge on any atom is 0.242 e. The van der Waals surface area contributed by atoms with Gasteiger partial charge < -0.3 is 4.74 Å². The van der Waals surface area contributed by atoms with Crippen LogP contribution in [0.25, 0.3) is 5.70 Å². The Morgan fingerprint density at radius 2 is 1.54 bits per heavy atom. The maximum atomic E-state index is 12.0. The van der Waals surface area contributed by atoms with Gasteiger partial charge in [-0.25, -0.2) is 0 Å². The van der Waals surface area contributed by atoms with Crippen molar-refractivity contribution in [1.82, 2.24) is 10.9 Å². The van der Waals surface area contributed by atoms with Gasteiger partial charge in [0.2, 0.25) is 5.91 Å². The van der Waals surface area contributed by atoms with E-state index in [4.69, 9.17) is 16.3 Å². The third-order valence-electron chi connectivity index (χ3n) is 4.08. The average molecular weight is 393 g/mol. The normalized spacial score (nSPS) is 10.2. The van der Waals surface area contributed by atoms with E-state index >= 15 is 0 Å². The van der Waals surface area contributed by atoms with Crippen molar-refractivity contribution < 1.29 is 9.53 Å². The maximum absolute atomic E-state index is 12.0. The Morgan fingerprint density at radius 3 is 2.21 bits per heavy atom. The molecule has 0 heterocycles. The summed E-state index contributed by atoms with van der Waals surface area (Å²) in [6, 6.07) is 24.6. The van der Waals surface area contributed by atoms with Gasteiger partial charge >= 0.3 is 0 Å². The molecule has 0 aliphatic rings. The van der Waals surface area contributed by atoms with Crippen LogP contribution in [-0.2, 0) is 17.8 Å². The molecule has 0 aliphatic carbocycles. The summed E-state index contributed by atoms with van der Waals surface area (Å²) in [4.78, 5) is 12.0. The van der Waals surface area contributed by atoms with Gasteiger partial charge in [-0.2, -0.15) is 0 Å². The first-order chi connectivity index (χ1) is 13.6. The van der Waals surface area contributed by atoms with Gasteiger partial charge in [0.05, 0.1) is 12.1 Å². The Kier molecular flexibility index (Phi) is 6.71. The van der Waals surface area contributed by atoms with Gasteiger partial charge in [0.1, 0.15) is 12.4 Å². The van der Waals surface area contributed by atoms with E-state index in [0.717, 1.165) is 22.4 Å². The van der Waals surface area contributed by atoms with Gasteiger partial charge in [-0.3, -0.25) is 15.6 Å². The summed E-state index contributed by atoms with van der Waals surface area (Å²) in [5.41, 5.74) is 8.98. The van der Waals surface area contributed by atoms with Crippen LogP contribution in [0.15, 0.2) is 85.4 Å². The van der Waals surface area contributed by atoms with Crippen LogP contribution in [0.2, 0.25) is 5.02 Å². The van der Waals surface area contributed by atoms with Crippen LogP contribution in [0.5, 0.6) is 5.75 Å². The average Bonchev–Trinajstić information content (AvgIpc) is 2.73. The second kappa shape index (κ2) is 9.62. The molecule has 142 valence electrons. The fourth-order valence-corrected chi connectivity index (χ4v) is 2.67. The third-order valence-corrected chi connectivity index (χ3v) is 4.33. The highest BCUT2D eigenvalue weighted by molar-refractivity contribution is 6.30. The molecule has 0 radical (unpaired) electrons. The summed E-state index contributed by atoms with van der Waals surface area (Å²) in [7, 11) is 0. The van der Waals surface area contributed by atoms with E-state index in [0.29, 0.717) is 23.7 Å². The minimum absolute atomic E-state index is 0.129. The zero-order valence-corrected chi connectivity index (χ0v) is 16.1. The highest BCUT2D eigenvalue weighted by Gasteiger charge is 2.05. The van der Waals surface area contributed by atoms with E-state index in [1.165, 1.54) is 0 Å². The van der Waals surface area contributed by atoms with Gasteiger partial charge in [0.15, 0.2) is 0 Å². The first kappa shape index (κ1) is 19.5. The van der Waals surface area contributed by atoms with Gasteiger partial charge in [-0.1, -0.05) is 60.6 Å². The Balaban J connectivity index is 1.46. The fraction of sp³-hybridized carbons (Fsp3) is 0.0870. The lowest BCUT2D eigenvalue weighted by Crippen LogP contribution is -2.36. The van der Waals surface area contributed by atoms with Crippen LogP contribution in [0.3, 0.4) is 0 Å². The molecule has 0 aromatic heterocycles. The standard InChI is InChI=1S/C23H21ClN2O2/c1-17(25-26-23(27)15-18-5-3-2-4-6-18)20-9-13-22(14-10-20)28-16-19-7-11-21(24)12-8-19/h2-14,25H,1,15-16H2,(H,26,27). The van der Waals surface area contributed by atoms with Gasteiger partial charge in [-0.15, -0.1) is 0 Å². The first-order valence-corrected chi connectivity index (χ1v) is 9.23. The van der Waals surface area contributed by atoms with Crippen molar-refractivity contribution in [3.05, 3.63) is 107 Å². The van der Waals surface area contributed by atoms with Crippen molar-refractivity contribution in [2.75, 3.05) is 0 Å². The highest BCUT2D eigenvalue weighted by Crippen LogP contribution is 2.18. The van der Waals surface area contributed by atoms with E-state index in [9.17, 15) is 4.79 Å². The molecule has 3 rings (SSSR count). The number of hydrogen-bond acceptors (Lipinski definition) is 3. The molecule has 0 bridgehead atoms. The predicted octanol–water partition coefficient (Wildman–Crippen LogP) is 4.75. The number of nitrogens with one attached hydrogen (secondary N) is 2. The Morgan fingerprint density at radius 1 is 0.857 bits per heavy atom. The number of hydrazine groups is 1. The molecule has 0 atom stereocenters. The van der Waals surface area contributed by atoms with Crippen LogP contribution >= 0.6 is 11.6 Å². The Bertz CT molecular complexity index is 923. The van der Waals surface area contributed by atoms with Crippen molar-refractivity contribution in [2.45, 2.75) is 13.0 Å². The van der Waals surface area contributed by atoms with Crippen molar-refractivity contribution >= 4 is 23.2 Å². The quantitative estimate of drug-likeness (QED) is 0.544. The van der Waals surface area contributed by atoms with Crippen molar-refractivity contribution in [3.63, 3.8) is 0 Å². The molecule has 0 saturated heterocycles. The van der Waals surface area contributed by atoms with Crippen LogP contribution in [0, 0.1) is 0 Å². The largest absolute Gasteiger partial charge is 0.489 e. The molecule has 0 fully saturated rings. The number of carbonyl (C=O) groups is 1. The highest BCUT2D eigenvalue weighted by atomic mass is 35.5. The minimum Gasteiger partial charge on any atom is -0.489 e.